The molecule has 0 unspecified atom stereocenters. The molecule has 5 rings (SSSR count). The van der Waals surface area contributed by atoms with Crippen LogP contribution in [-0.4, -0.2) is 41.6 Å². The minimum atomic E-state index is -0.484. The zero-order valence-corrected chi connectivity index (χ0v) is 30.8. The minimum absolute atomic E-state index is 0.156. The van der Waals surface area contributed by atoms with Gasteiger partial charge in [0.1, 0.15) is 11.6 Å². The van der Waals surface area contributed by atoms with E-state index in [-0.39, 0.29) is 23.8 Å². The molecule has 0 saturated heterocycles. The van der Waals surface area contributed by atoms with Gasteiger partial charge in [0.25, 0.3) is 11.5 Å². The number of para-hydroxylation sites is 1. The van der Waals surface area contributed by atoms with Gasteiger partial charge in [-0.1, -0.05) is 32.0 Å². The van der Waals surface area contributed by atoms with Crippen LogP contribution in [0.1, 0.15) is 50.3 Å². The number of nitrogens with zero attached hydrogens (tertiary/aromatic N) is 3. The van der Waals surface area contributed by atoms with Gasteiger partial charge in [0.05, 0.1) is 34.8 Å². The quantitative estimate of drug-likeness (QED) is 0.127. The maximum atomic E-state index is 14.0. The lowest BCUT2D eigenvalue weighted by molar-refractivity contribution is -0.118. The van der Waals surface area contributed by atoms with E-state index in [4.69, 9.17) is 19.2 Å². The Morgan fingerprint density at radius 3 is 2.43 bits per heavy atom. The van der Waals surface area contributed by atoms with Crippen LogP contribution >= 0.6 is 31.9 Å². The molecule has 0 atom stereocenters. The number of carbonyl (C=O) groups is 1. The molecule has 9 nitrogen and oxygen atoms in total. The third-order valence-corrected chi connectivity index (χ3v) is 9.64. The number of amides is 1. The van der Waals surface area contributed by atoms with Crippen molar-refractivity contribution in [2.24, 2.45) is 5.10 Å². The van der Waals surface area contributed by atoms with Gasteiger partial charge in [0.15, 0.2) is 23.9 Å². The van der Waals surface area contributed by atoms with Crippen LogP contribution in [0.25, 0.3) is 22.3 Å². The topological polar surface area (TPSA) is 104 Å². The van der Waals surface area contributed by atoms with E-state index in [0.717, 1.165) is 22.4 Å². The third-order valence-electron chi connectivity index (χ3n) is 7.50. The number of anilines is 1. The number of nitrogens with one attached hydrogen (secondary N) is 1. The van der Waals surface area contributed by atoms with Gasteiger partial charge in [0.2, 0.25) is 0 Å². The van der Waals surface area contributed by atoms with Gasteiger partial charge in [-0.3, -0.25) is 9.59 Å². The van der Waals surface area contributed by atoms with Crippen LogP contribution < -0.4 is 25.1 Å². The lowest BCUT2D eigenvalue weighted by Gasteiger charge is -2.18. The first kappa shape index (κ1) is 35.7. The molecular formula is C37H35Br2FN4O5. The number of benzene rings is 4. The number of hydrogen-bond donors (Lipinski definition) is 1. The van der Waals surface area contributed by atoms with Crippen molar-refractivity contribution >= 4 is 60.6 Å². The van der Waals surface area contributed by atoms with E-state index in [0.29, 0.717) is 55.9 Å². The summed E-state index contributed by atoms with van der Waals surface area (Å²) in [7, 11) is 0. The lowest BCUT2D eigenvalue weighted by Crippen LogP contribution is -2.21. The molecule has 0 radical (unpaired) electrons. The molecule has 1 N–H and O–H groups in total. The summed E-state index contributed by atoms with van der Waals surface area (Å²) in [5.74, 6) is 0.994. The van der Waals surface area contributed by atoms with Crippen molar-refractivity contribution in [3.05, 3.63) is 109 Å². The Balaban J connectivity index is 1.56. The van der Waals surface area contributed by atoms with Crippen LogP contribution in [0.15, 0.2) is 85.6 Å². The van der Waals surface area contributed by atoms with Gasteiger partial charge in [-0.05, 0) is 118 Å². The van der Waals surface area contributed by atoms with Crippen molar-refractivity contribution in [1.29, 1.82) is 0 Å². The van der Waals surface area contributed by atoms with E-state index in [2.05, 4.69) is 56.1 Å². The maximum absolute atomic E-state index is 14.0. The van der Waals surface area contributed by atoms with E-state index in [1.165, 1.54) is 29.1 Å². The first-order chi connectivity index (χ1) is 23.5. The molecule has 0 aliphatic rings. The Kier molecular flexibility index (Phi) is 11.5. The van der Waals surface area contributed by atoms with Crippen LogP contribution in [0.2, 0.25) is 0 Å². The number of hydrogen-bond acceptors (Lipinski definition) is 7. The van der Waals surface area contributed by atoms with E-state index < -0.39 is 11.7 Å². The van der Waals surface area contributed by atoms with Gasteiger partial charge in [-0.25, -0.2) is 9.37 Å². The molecule has 1 amide bonds. The van der Waals surface area contributed by atoms with Crippen LogP contribution in [0.4, 0.5) is 10.1 Å². The van der Waals surface area contributed by atoms with E-state index in [1.54, 1.807) is 30.3 Å². The molecule has 0 bridgehead atoms. The maximum Gasteiger partial charge on any atom is 0.282 e. The number of halogens is 3. The van der Waals surface area contributed by atoms with Gasteiger partial charge >= 0.3 is 0 Å². The zero-order valence-electron chi connectivity index (χ0n) is 27.6. The fraction of sp³-hybridized carbons (Fsp3) is 0.243. The number of fused-ring (bicyclic) bond motifs is 1. The number of carbonyl (C=O) groups excluding carboxylic acids is 1. The molecule has 0 spiro atoms. The van der Waals surface area contributed by atoms with E-state index in [1.807, 2.05) is 39.0 Å². The summed E-state index contributed by atoms with van der Waals surface area (Å²) < 4.78 is 33.6. The normalized spacial score (nSPS) is 11.4. The van der Waals surface area contributed by atoms with Gasteiger partial charge in [-0.15, -0.1) is 0 Å². The Bertz CT molecular complexity index is 2120. The highest BCUT2D eigenvalue weighted by molar-refractivity contribution is 9.13. The molecule has 0 aliphatic heterocycles. The largest absolute Gasteiger partial charge is 0.494 e. The predicted octanol–water partition coefficient (Wildman–Crippen LogP) is 8.86. The zero-order chi connectivity index (χ0) is 35.2. The summed E-state index contributed by atoms with van der Waals surface area (Å²) in [6.45, 7) is 10.4. The molecule has 5 aromatic rings. The molecule has 12 heteroatoms. The SMILES string of the molecule is CCOc1cc(C)c(-c2nc3ccccc3c(=O)n2N=Cc2cc(OCC)c(OCC(=O)Nc3cccc(F)c3)c(Br)c2Br)cc1C(C)C. The van der Waals surface area contributed by atoms with Crippen molar-refractivity contribution in [3.63, 3.8) is 0 Å². The highest BCUT2D eigenvalue weighted by Crippen LogP contribution is 2.42. The second-order valence-corrected chi connectivity index (χ2v) is 12.9. The number of rotatable bonds is 12. The summed E-state index contributed by atoms with van der Waals surface area (Å²) >= 11 is 7.17. The van der Waals surface area contributed by atoms with Gasteiger partial charge in [0, 0.05) is 21.3 Å². The second kappa shape index (κ2) is 15.8. The van der Waals surface area contributed by atoms with E-state index in [9.17, 15) is 14.0 Å². The highest BCUT2D eigenvalue weighted by atomic mass is 79.9. The van der Waals surface area contributed by atoms with Crippen molar-refractivity contribution in [2.45, 2.75) is 40.5 Å². The lowest BCUT2D eigenvalue weighted by atomic mass is 9.96. The van der Waals surface area contributed by atoms with Crippen molar-refractivity contribution in [3.8, 4) is 28.6 Å². The molecule has 4 aromatic carbocycles. The number of ether oxygens (including phenoxy) is 3. The molecule has 1 heterocycles. The smallest absolute Gasteiger partial charge is 0.282 e. The summed E-state index contributed by atoms with van der Waals surface area (Å²) in [4.78, 5) is 31.5. The Morgan fingerprint density at radius 1 is 0.980 bits per heavy atom. The molecule has 49 heavy (non-hydrogen) atoms. The number of aromatic nitrogens is 2. The molecule has 254 valence electrons. The van der Waals surface area contributed by atoms with Crippen molar-refractivity contribution < 1.29 is 23.4 Å². The van der Waals surface area contributed by atoms with Crippen LogP contribution in [0, 0.1) is 12.7 Å². The van der Waals surface area contributed by atoms with Crippen molar-refractivity contribution in [1.82, 2.24) is 9.66 Å². The highest BCUT2D eigenvalue weighted by Gasteiger charge is 2.21. The standard InChI is InChI=1S/C37H35Br2FN4O5/c1-6-47-30-15-22(5)28(18-27(30)21(3)4)36-43-29-14-9-8-13-26(29)37(46)44(36)41-19-23-16-31(48-7-2)35(34(39)33(23)38)49-20-32(45)42-25-12-10-11-24(40)17-25/h8-19,21H,6-7,20H2,1-5H3,(H,42,45). The number of aryl methyl sites for hydroxylation is 1. The Labute approximate surface area is 300 Å². The van der Waals surface area contributed by atoms with Gasteiger partial charge < -0.3 is 19.5 Å². The fourth-order valence-corrected chi connectivity index (χ4v) is 6.13. The monoisotopic (exact) mass is 792 g/mol. The molecule has 1 aromatic heterocycles. The fourth-order valence-electron chi connectivity index (χ4n) is 5.19. The Morgan fingerprint density at radius 2 is 1.71 bits per heavy atom. The van der Waals surface area contributed by atoms with E-state index >= 15 is 0 Å². The molecule has 0 fully saturated rings. The second-order valence-electron chi connectivity index (χ2n) is 11.3. The minimum Gasteiger partial charge on any atom is -0.494 e. The Hall–Kier alpha value is -4.55. The summed E-state index contributed by atoms with van der Waals surface area (Å²) in [5, 5.41) is 7.71. The average Bonchev–Trinajstić information content (AvgIpc) is 3.06. The predicted molar refractivity (Wildman–Crippen MR) is 198 cm³/mol. The summed E-state index contributed by atoms with van der Waals surface area (Å²) in [6, 6.07) is 18.4. The first-order valence-corrected chi connectivity index (χ1v) is 17.3. The van der Waals surface area contributed by atoms with Crippen LogP contribution in [0.3, 0.4) is 0 Å². The van der Waals surface area contributed by atoms with Crippen molar-refractivity contribution in [2.75, 3.05) is 25.1 Å². The summed E-state index contributed by atoms with van der Waals surface area (Å²) in [5.41, 5.74) is 3.72. The van der Waals surface area contributed by atoms with Crippen LogP contribution in [0.5, 0.6) is 17.2 Å². The molecule has 0 aliphatic carbocycles. The summed E-state index contributed by atoms with van der Waals surface area (Å²) in [6.07, 6.45) is 1.53. The van der Waals surface area contributed by atoms with Crippen LogP contribution in [-0.2, 0) is 4.79 Å². The first-order valence-electron chi connectivity index (χ1n) is 15.7. The molecular weight excluding hydrogens is 759 g/mol. The third kappa shape index (κ3) is 8.02. The molecule has 0 saturated carbocycles. The average molecular weight is 795 g/mol. The van der Waals surface area contributed by atoms with Gasteiger partial charge in [-0.2, -0.15) is 9.78 Å².